The van der Waals surface area contributed by atoms with Crippen LogP contribution in [0, 0.1) is 13.8 Å². The normalized spacial score (nSPS) is 18.3. The van der Waals surface area contributed by atoms with E-state index in [1.54, 1.807) is 35.4 Å². The molecule has 0 saturated carbocycles. The summed E-state index contributed by atoms with van der Waals surface area (Å²) in [6.45, 7) is 2.96. The van der Waals surface area contributed by atoms with Crippen LogP contribution in [0.15, 0.2) is 9.59 Å². The minimum absolute atomic E-state index is 0.116. The van der Waals surface area contributed by atoms with Gasteiger partial charge in [-0.2, -0.15) is 4.52 Å². The lowest BCUT2D eigenvalue weighted by Gasteiger charge is -2.09. The summed E-state index contributed by atoms with van der Waals surface area (Å²) in [5, 5.41) is 0. The van der Waals surface area contributed by atoms with Crippen LogP contribution < -0.4 is 11.1 Å². The third-order valence-electron chi connectivity index (χ3n) is 5.14. The molecule has 3 heterocycles. The number of carbonyl (C=O) groups is 2. The van der Waals surface area contributed by atoms with Crippen molar-refractivity contribution in [1.82, 2.24) is 9.03 Å². The summed E-state index contributed by atoms with van der Waals surface area (Å²) in [5.41, 5.74) is 0.620. The van der Waals surface area contributed by atoms with E-state index in [2.05, 4.69) is 0 Å². The van der Waals surface area contributed by atoms with Gasteiger partial charge in [0.05, 0.1) is 11.4 Å². The molecule has 1 aliphatic rings. The molecule has 1 aliphatic heterocycles. The highest BCUT2D eigenvalue weighted by Gasteiger charge is 2.24. The van der Waals surface area contributed by atoms with Crippen molar-refractivity contribution < 1.29 is 19.1 Å². The fraction of sp³-hybridized carbons (Fsp3) is 0.600. The van der Waals surface area contributed by atoms with Gasteiger partial charge in [0.25, 0.3) is 11.1 Å². The Balaban J connectivity index is 1.89. The number of cyclic esters (lactones) is 2. The highest BCUT2D eigenvalue weighted by molar-refractivity contribution is 8.76. The zero-order valence-corrected chi connectivity index (χ0v) is 18.9. The molecule has 0 aromatic carbocycles. The predicted molar refractivity (Wildman–Crippen MR) is 116 cm³/mol. The average molecular weight is 455 g/mol. The van der Waals surface area contributed by atoms with Gasteiger partial charge in [0.2, 0.25) is 0 Å². The molecule has 0 unspecified atom stereocenters. The number of rotatable bonds is 0. The first kappa shape index (κ1) is 22.7. The van der Waals surface area contributed by atoms with Crippen molar-refractivity contribution in [3.63, 3.8) is 0 Å². The maximum Gasteiger partial charge on any atom is 0.306 e. The predicted octanol–water partition coefficient (Wildman–Crippen LogP) is 2.64. The summed E-state index contributed by atoms with van der Waals surface area (Å²) >= 11 is 0. The van der Waals surface area contributed by atoms with Crippen molar-refractivity contribution >= 4 is 33.5 Å². The van der Waals surface area contributed by atoms with Crippen LogP contribution in [0.4, 0.5) is 0 Å². The van der Waals surface area contributed by atoms with Gasteiger partial charge in [-0.15, -0.1) is 0 Å². The van der Waals surface area contributed by atoms with Gasteiger partial charge in [-0.1, -0.05) is 21.6 Å². The van der Waals surface area contributed by atoms with Crippen LogP contribution in [0.1, 0.15) is 61.0 Å². The van der Waals surface area contributed by atoms with E-state index in [4.69, 9.17) is 9.47 Å². The van der Waals surface area contributed by atoms with Crippen LogP contribution in [-0.4, -0.2) is 32.5 Å². The largest absolute Gasteiger partial charge is 0.459 e. The highest BCUT2D eigenvalue weighted by Crippen LogP contribution is 2.24. The summed E-state index contributed by atoms with van der Waals surface area (Å²) in [6, 6.07) is 0. The third kappa shape index (κ3) is 5.03. The van der Waals surface area contributed by atoms with Crippen LogP contribution in [0.5, 0.6) is 0 Å². The van der Waals surface area contributed by atoms with Gasteiger partial charge >= 0.3 is 11.9 Å². The molecule has 0 spiro atoms. The van der Waals surface area contributed by atoms with E-state index in [1.165, 1.54) is 4.52 Å². The number of aromatic nitrogens is 2. The molecule has 0 atom stereocenters. The molecule has 0 radical (unpaired) electrons. The summed E-state index contributed by atoms with van der Waals surface area (Å²) in [5.74, 6) is 1.24. The molecule has 0 N–H and O–H groups in total. The lowest BCUT2D eigenvalue weighted by atomic mass is 10.2. The minimum atomic E-state index is -0.455. The lowest BCUT2D eigenvalue weighted by Crippen LogP contribution is -2.23. The van der Waals surface area contributed by atoms with E-state index < -0.39 is 11.1 Å². The molecule has 164 valence electrons. The van der Waals surface area contributed by atoms with Gasteiger partial charge in [0.1, 0.15) is 13.2 Å². The Bertz CT molecular complexity index is 951. The Hall–Kier alpha value is -1.94. The van der Waals surface area contributed by atoms with Gasteiger partial charge in [-0.3, -0.25) is 19.2 Å². The lowest BCUT2D eigenvalue weighted by molar-refractivity contribution is -0.145. The number of ether oxygens (including phenoxy) is 2. The Morgan fingerprint density at radius 3 is 1.53 bits per heavy atom. The van der Waals surface area contributed by atoms with Gasteiger partial charge in [0, 0.05) is 35.5 Å². The molecule has 0 bridgehead atoms. The second-order valence-corrected chi connectivity index (χ2v) is 9.96. The Kier molecular flexibility index (Phi) is 7.87. The Morgan fingerprint density at radius 1 is 0.667 bits per heavy atom. The number of esters is 2. The number of nitrogens with zero attached hydrogens (tertiary/aromatic N) is 2. The zero-order valence-electron chi connectivity index (χ0n) is 17.2. The van der Waals surface area contributed by atoms with E-state index >= 15 is 0 Å². The monoisotopic (exact) mass is 454 g/mol. The molecular weight excluding hydrogens is 428 g/mol. The molecule has 10 heteroatoms. The maximum atomic E-state index is 12.6. The fourth-order valence-electron chi connectivity index (χ4n) is 3.32. The van der Waals surface area contributed by atoms with Crippen molar-refractivity contribution in [3.8, 4) is 0 Å². The first-order chi connectivity index (χ1) is 14.4. The number of carbonyl (C=O) groups excluding carboxylic acids is 2. The van der Waals surface area contributed by atoms with Crippen LogP contribution in [0.25, 0.3) is 0 Å². The van der Waals surface area contributed by atoms with Gasteiger partial charge in [-0.25, -0.2) is 4.52 Å². The molecule has 0 saturated heterocycles. The Morgan fingerprint density at radius 2 is 1.10 bits per heavy atom. The minimum Gasteiger partial charge on any atom is -0.459 e. The van der Waals surface area contributed by atoms with Crippen LogP contribution in [-0.2, 0) is 32.3 Å². The summed E-state index contributed by atoms with van der Waals surface area (Å²) < 4.78 is 13.2. The second-order valence-electron chi connectivity index (χ2n) is 7.26. The molecule has 30 heavy (non-hydrogen) atoms. The maximum absolute atomic E-state index is 12.6. The zero-order chi connectivity index (χ0) is 21.7. The van der Waals surface area contributed by atoms with E-state index in [9.17, 15) is 19.2 Å². The van der Waals surface area contributed by atoms with Crippen molar-refractivity contribution in [3.05, 3.63) is 43.2 Å². The highest BCUT2D eigenvalue weighted by atomic mass is 33.1. The van der Waals surface area contributed by atoms with Crippen LogP contribution in [0.3, 0.4) is 0 Å². The van der Waals surface area contributed by atoms with Gasteiger partial charge in [0.15, 0.2) is 0 Å². The van der Waals surface area contributed by atoms with Crippen LogP contribution >= 0.6 is 21.6 Å². The van der Waals surface area contributed by atoms with E-state index in [1.807, 2.05) is 0 Å². The van der Waals surface area contributed by atoms with E-state index in [-0.39, 0.29) is 25.2 Å². The summed E-state index contributed by atoms with van der Waals surface area (Å²) in [6.07, 6.45) is 3.94. The molecule has 2 aromatic rings. The molecule has 2 aromatic heterocycles. The summed E-state index contributed by atoms with van der Waals surface area (Å²) in [7, 11) is 3.55. The van der Waals surface area contributed by atoms with E-state index in [0.717, 1.165) is 41.7 Å². The van der Waals surface area contributed by atoms with Gasteiger partial charge in [-0.05, 0) is 39.5 Å². The van der Waals surface area contributed by atoms with Crippen molar-refractivity contribution in [2.24, 2.45) is 0 Å². The topological polar surface area (TPSA) is 95.6 Å². The quantitative estimate of drug-likeness (QED) is 0.443. The molecule has 0 amide bonds. The van der Waals surface area contributed by atoms with E-state index in [0.29, 0.717) is 35.4 Å². The molecule has 8 nitrogen and oxygen atoms in total. The number of hydrogen-bond donors (Lipinski definition) is 0. The van der Waals surface area contributed by atoms with Gasteiger partial charge < -0.3 is 9.47 Å². The first-order valence-corrected chi connectivity index (χ1v) is 12.5. The standard InChI is InChI=1S/C20H26N2O6S2/c1-13-15-11-27-17(23)7-3-5-9-29-30-10-6-4-8-18(24)28-12-16-14(2)20(26)22(19(13)25)21(15)16/h3-12H2,1-2H3. The second kappa shape index (κ2) is 10.4. The Labute approximate surface area is 182 Å². The first-order valence-electron chi connectivity index (χ1n) is 10.1. The average Bonchev–Trinajstić information content (AvgIpc) is 3.11. The molecule has 0 fully saturated rings. The van der Waals surface area contributed by atoms with Crippen molar-refractivity contribution in [1.29, 1.82) is 0 Å². The third-order valence-corrected chi connectivity index (χ3v) is 7.72. The number of hydrogen-bond acceptors (Lipinski definition) is 8. The molecule has 0 aliphatic carbocycles. The van der Waals surface area contributed by atoms with Crippen molar-refractivity contribution in [2.45, 2.75) is 65.6 Å². The smallest absolute Gasteiger partial charge is 0.306 e. The fourth-order valence-corrected chi connectivity index (χ4v) is 5.61. The molecular formula is C20H26N2O6S2. The molecule has 3 rings (SSSR count). The van der Waals surface area contributed by atoms with Crippen molar-refractivity contribution in [2.75, 3.05) is 11.5 Å². The SMILES string of the molecule is Cc1c2n3c(c(C)c(=O)n3c1=O)COC(=O)CCCCSSCCCCC(=O)OC2. The summed E-state index contributed by atoms with van der Waals surface area (Å²) in [4.78, 5) is 49.5. The van der Waals surface area contributed by atoms with Crippen LogP contribution in [0.2, 0.25) is 0 Å².